The Kier molecular flexibility index (Phi) is 6.31. The molecule has 0 bridgehead atoms. The predicted molar refractivity (Wildman–Crippen MR) is 119 cm³/mol. The molecule has 2 amide bonds. The molecule has 2 aliphatic rings. The monoisotopic (exact) mass is 461 g/mol. The van der Waals surface area contributed by atoms with Gasteiger partial charge in [-0.3, -0.25) is 14.4 Å². The van der Waals surface area contributed by atoms with Crippen LogP contribution in [0.25, 0.3) is 0 Å². The van der Waals surface area contributed by atoms with Gasteiger partial charge >= 0.3 is 5.97 Å². The summed E-state index contributed by atoms with van der Waals surface area (Å²) in [5.74, 6) is -2.48. The second-order valence-corrected chi connectivity index (χ2v) is 9.84. The van der Waals surface area contributed by atoms with Crippen LogP contribution >= 0.6 is 22.9 Å². The molecule has 0 saturated carbocycles. The fourth-order valence-corrected chi connectivity index (χ4v) is 5.14. The molecule has 9 heteroatoms. The molecule has 1 aromatic heterocycles. The lowest BCUT2D eigenvalue weighted by atomic mass is 9.99. The molecule has 31 heavy (non-hydrogen) atoms. The minimum Gasteiger partial charge on any atom is -0.481 e. The molecule has 0 radical (unpaired) electrons. The lowest BCUT2D eigenvalue weighted by Crippen LogP contribution is -2.43. The number of carboxylic acid groups (broad SMARTS) is 1. The van der Waals surface area contributed by atoms with E-state index in [0.717, 1.165) is 37.3 Å². The molecule has 7 nitrogen and oxygen atoms in total. The summed E-state index contributed by atoms with van der Waals surface area (Å²) in [4.78, 5) is 41.6. The molecule has 1 aromatic carbocycles. The summed E-state index contributed by atoms with van der Waals surface area (Å²) >= 11 is 7.02. The highest BCUT2D eigenvalue weighted by Crippen LogP contribution is 2.25. The summed E-state index contributed by atoms with van der Waals surface area (Å²) in [6, 6.07) is 8.32. The van der Waals surface area contributed by atoms with Crippen LogP contribution in [-0.4, -0.2) is 72.0 Å². The molecular formula is C22H24ClN3O4S. The van der Waals surface area contributed by atoms with E-state index in [9.17, 15) is 19.5 Å². The summed E-state index contributed by atoms with van der Waals surface area (Å²) in [6.45, 7) is 2.14. The van der Waals surface area contributed by atoms with Gasteiger partial charge in [0, 0.05) is 31.7 Å². The van der Waals surface area contributed by atoms with Crippen LogP contribution in [0.5, 0.6) is 0 Å². The highest BCUT2D eigenvalue weighted by molar-refractivity contribution is 7.18. The van der Waals surface area contributed by atoms with Crippen molar-refractivity contribution in [2.75, 3.05) is 33.2 Å². The number of fused-ring (bicyclic) bond motifs is 1. The molecule has 2 N–H and O–H groups in total. The van der Waals surface area contributed by atoms with E-state index < -0.39 is 17.9 Å². The van der Waals surface area contributed by atoms with Gasteiger partial charge in [-0.15, -0.1) is 11.3 Å². The van der Waals surface area contributed by atoms with Crippen molar-refractivity contribution < 1.29 is 19.5 Å². The lowest BCUT2D eigenvalue weighted by molar-refractivity contribution is -0.141. The lowest BCUT2D eigenvalue weighted by Gasteiger charge is -2.18. The first-order chi connectivity index (χ1) is 14.8. The molecule has 0 aliphatic carbocycles. The van der Waals surface area contributed by atoms with Gasteiger partial charge in [-0.25, -0.2) is 0 Å². The van der Waals surface area contributed by atoms with Crippen molar-refractivity contribution in [2.45, 2.75) is 18.9 Å². The Morgan fingerprint density at radius 3 is 2.52 bits per heavy atom. The number of thiophene rings is 1. The number of nitrogens with zero attached hydrogens (tertiary/aromatic N) is 2. The minimum absolute atomic E-state index is 0.0597. The molecule has 3 heterocycles. The quantitative estimate of drug-likeness (QED) is 0.729. The normalized spacial score (nSPS) is 21.4. The number of likely N-dealkylation sites (N-methyl/N-ethyl adjacent to an activating group) is 1. The number of carbonyl (C=O) groups is 3. The van der Waals surface area contributed by atoms with Crippen LogP contribution in [0.15, 0.2) is 30.3 Å². The number of benzene rings is 1. The maximum absolute atomic E-state index is 13.2. The van der Waals surface area contributed by atoms with Crippen LogP contribution in [0.2, 0.25) is 4.34 Å². The van der Waals surface area contributed by atoms with E-state index in [4.69, 9.17) is 11.6 Å². The smallest absolute Gasteiger partial charge is 0.310 e. The van der Waals surface area contributed by atoms with E-state index in [2.05, 4.69) is 17.3 Å². The third-order valence-electron chi connectivity index (χ3n) is 6.02. The van der Waals surface area contributed by atoms with Crippen molar-refractivity contribution in [2.24, 2.45) is 5.92 Å². The maximum atomic E-state index is 13.2. The average Bonchev–Trinajstić information content (AvgIpc) is 3.32. The largest absolute Gasteiger partial charge is 0.481 e. The number of hydrogen-bond acceptors (Lipinski definition) is 5. The Bertz CT molecular complexity index is 1020. The summed E-state index contributed by atoms with van der Waals surface area (Å²) in [5.41, 5.74) is 2.98. The molecule has 0 spiro atoms. The van der Waals surface area contributed by atoms with Crippen LogP contribution in [0, 0.1) is 5.92 Å². The molecule has 2 aromatic rings. The number of halogens is 1. The molecule has 2 aliphatic heterocycles. The van der Waals surface area contributed by atoms with Gasteiger partial charge < -0.3 is 20.2 Å². The van der Waals surface area contributed by atoms with E-state index in [0.29, 0.717) is 14.8 Å². The first-order valence-corrected chi connectivity index (χ1v) is 11.4. The minimum atomic E-state index is -1.03. The van der Waals surface area contributed by atoms with E-state index >= 15 is 0 Å². The van der Waals surface area contributed by atoms with Gasteiger partial charge in [0.25, 0.3) is 11.8 Å². The zero-order valence-electron chi connectivity index (χ0n) is 17.1. The van der Waals surface area contributed by atoms with Crippen LogP contribution < -0.4 is 5.32 Å². The summed E-state index contributed by atoms with van der Waals surface area (Å²) in [7, 11) is 2.09. The topological polar surface area (TPSA) is 90.0 Å². The van der Waals surface area contributed by atoms with E-state index in [-0.39, 0.29) is 24.9 Å². The summed E-state index contributed by atoms with van der Waals surface area (Å²) < 4.78 is 0.484. The van der Waals surface area contributed by atoms with Crippen LogP contribution in [-0.2, 0) is 17.6 Å². The van der Waals surface area contributed by atoms with Crippen molar-refractivity contribution in [3.05, 3.63) is 56.2 Å². The van der Waals surface area contributed by atoms with E-state index in [1.165, 1.54) is 16.0 Å². The van der Waals surface area contributed by atoms with Gasteiger partial charge in [-0.1, -0.05) is 17.7 Å². The molecule has 164 valence electrons. The SMILES string of the molecule is CN1CCc2ccc(C(=O)N3CC(NC(=O)c4ccc(Cl)s4)[C@H](C(=O)O)C3)cc2CC1. The van der Waals surface area contributed by atoms with Crippen LogP contribution in [0.1, 0.15) is 31.2 Å². The Hall–Kier alpha value is -2.42. The Labute approximate surface area is 189 Å². The molecule has 1 unspecified atom stereocenters. The van der Waals surface area contributed by atoms with Gasteiger partial charge in [-0.2, -0.15) is 0 Å². The first-order valence-electron chi connectivity index (χ1n) is 10.2. The predicted octanol–water partition coefficient (Wildman–Crippen LogP) is 2.39. The standard InChI is InChI=1S/C22H24ClN3O4S/c1-25-8-6-13-2-3-15(10-14(13)7-9-25)21(28)26-11-16(22(29)30)17(12-26)24-20(27)18-4-5-19(23)31-18/h2-5,10,16-17H,6-9,11-12H2,1H3,(H,24,27)(H,29,30)/t16-,17?/m1/s1. The molecule has 1 fully saturated rings. The van der Waals surface area contributed by atoms with Crippen molar-refractivity contribution in [1.29, 1.82) is 0 Å². The van der Waals surface area contributed by atoms with Crippen molar-refractivity contribution in [3.63, 3.8) is 0 Å². The number of hydrogen-bond donors (Lipinski definition) is 2. The number of nitrogens with one attached hydrogen (secondary N) is 1. The number of likely N-dealkylation sites (tertiary alicyclic amines) is 1. The summed E-state index contributed by atoms with van der Waals surface area (Å²) in [6.07, 6.45) is 1.83. The third kappa shape index (κ3) is 4.76. The van der Waals surface area contributed by atoms with Crippen molar-refractivity contribution >= 4 is 40.7 Å². The maximum Gasteiger partial charge on any atom is 0.310 e. The van der Waals surface area contributed by atoms with Crippen molar-refractivity contribution in [3.8, 4) is 0 Å². The number of amides is 2. The Balaban J connectivity index is 1.49. The molecule has 2 atom stereocenters. The number of aliphatic carboxylic acids is 1. The molecule has 1 saturated heterocycles. The number of carbonyl (C=O) groups excluding carboxylic acids is 2. The van der Waals surface area contributed by atoms with Crippen molar-refractivity contribution in [1.82, 2.24) is 15.1 Å². The van der Waals surface area contributed by atoms with Gasteiger partial charge in [0.15, 0.2) is 0 Å². The second kappa shape index (κ2) is 8.98. The van der Waals surface area contributed by atoms with E-state index in [1.54, 1.807) is 12.1 Å². The molecule has 4 rings (SSSR count). The van der Waals surface area contributed by atoms with Crippen LogP contribution in [0.4, 0.5) is 0 Å². The van der Waals surface area contributed by atoms with E-state index in [1.807, 2.05) is 18.2 Å². The van der Waals surface area contributed by atoms with Gasteiger partial charge in [-0.05, 0) is 55.3 Å². The zero-order valence-corrected chi connectivity index (χ0v) is 18.7. The fraction of sp³-hybridized carbons (Fsp3) is 0.409. The first kappa shape index (κ1) is 21.8. The summed E-state index contributed by atoms with van der Waals surface area (Å²) in [5, 5.41) is 12.4. The second-order valence-electron chi connectivity index (χ2n) is 8.13. The molecular weight excluding hydrogens is 438 g/mol. The van der Waals surface area contributed by atoms with Gasteiger partial charge in [0.05, 0.1) is 21.2 Å². The highest BCUT2D eigenvalue weighted by atomic mass is 35.5. The fourth-order valence-electron chi connectivity index (χ4n) is 4.19. The average molecular weight is 462 g/mol. The van der Waals surface area contributed by atoms with Gasteiger partial charge in [0.2, 0.25) is 0 Å². The Morgan fingerprint density at radius 2 is 1.84 bits per heavy atom. The van der Waals surface area contributed by atoms with Gasteiger partial charge in [0.1, 0.15) is 0 Å². The zero-order chi connectivity index (χ0) is 22.1. The Morgan fingerprint density at radius 1 is 1.10 bits per heavy atom. The van der Waals surface area contributed by atoms with Crippen LogP contribution in [0.3, 0.4) is 0 Å². The highest BCUT2D eigenvalue weighted by Gasteiger charge is 2.41. The third-order valence-corrected chi connectivity index (χ3v) is 7.25. The number of rotatable bonds is 4. The number of carboxylic acids is 1.